The van der Waals surface area contributed by atoms with Crippen molar-refractivity contribution in [2.75, 3.05) is 11.6 Å². The average Bonchev–Trinajstić information content (AvgIpc) is 2.70. The lowest BCUT2D eigenvalue weighted by Gasteiger charge is -2.16. The van der Waals surface area contributed by atoms with E-state index < -0.39 is 27.5 Å². The van der Waals surface area contributed by atoms with Gasteiger partial charge in [0, 0.05) is 22.5 Å². The molecule has 2 aromatic carbocycles. The molecule has 1 amide bonds. The summed E-state index contributed by atoms with van der Waals surface area (Å²) in [6.07, 6.45) is -2.03. The zero-order chi connectivity index (χ0) is 23.7. The van der Waals surface area contributed by atoms with Crippen LogP contribution in [-0.4, -0.2) is 25.6 Å². The number of nitrogens with zero attached hydrogens (tertiary/aromatic N) is 1. The van der Waals surface area contributed by atoms with Gasteiger partial charge in [-0.1, -0.05) is 24.3 Å². The van der Waals surface area contributed by atoms with Gasteiger partial charge in [0.25, 0.3) is 0 Å². The van der Waals surface area contributed by atoms with Gasteiger partial charge >= 0.3 is 6.18 Å². The van der Waals surface area contributed by atoms with Gasteiger partial charge in [-0.3, -0.25) is 4.79 Å². The fourth-order valence-electron chi connectivity index (χ4n) is 3.09. The first-order chi connectivity index (χ1) is 14.9. The molecule has 0 radical (unpaired) electrons. The van der Waals surface area contributed by atoms with Crippen LogP contribution in [0.5, 0.6) is 0 Å². The molecule has 0 aliphatic carbocycles. The molecule has 1 N–H and O–H groups in total. The summed E-state index contributed by atoms with van der Waals surface area (Å²) in [5.41, 5.74) is 1.01. The van der Waals surface area contributed by atoms with E-state index in [1.54, 1.807) is 6.92 Å². The zero-order valence-electron chi connectivity index (χ0n) is 17.0. The van der Waals surface area contributed by atoms with Gasteiger partial charge in [0.15, 0.2) is 9.84 Å². The van der Waals surface area contributed by atoms with Crippen molar-refractivity contribution in [1.29, 1.82) is 0 Å². The van der Waals surface area contributed by atoms with Crippen molar-refractivity contribution in [3.8, 4) is 11.1 Å². The summed E-state index contributed by atoms with van der Waals surface area (Å²) in [5.74, 6) is -0.317. The van der Waals surface area contributed by atoms with Crippen LogP contribution >= 0.6 is 15.9 Å². The Morgan fingerprint density at radius 3 is 2.38 bits per heavy atom. The standard InChI is InChI=1S/C22H18BrF3N2O3S/c1-13-18(23)12-27-21(20(13)15-4-3-5-16(11-15)22(24,25)26)28-19(29)10-14-6-8-17(9-7-14)32(2,30)31/h3-9,11-12H,10H2,1-2H3,(H,27,28,29). The van der Waals surface area contributed by atoms with Crippen LogP contribution in [-0.2, 0) is 27.2 Å². The number of carbonyl (C=O) groups excluding carboxylic acids is 1. The molecule has 1 heterocycles. The molecule has 0 aliphatic heterocycles. The number of anilines is 1. The first-order valence-electron chi connectivity index (χ1n) is 9.28. The molecule has 0 aliphatic rings. The zero-order valence-corrected chi connectivity index (χ0v) is 19.4. The first kappa shape index (κ1) is 23.9. The number of aromatic nitrogens is 1. The van der Waals surface area contributed by atoms with E-state index in [1.807, 2.05) is 0 Å². The van der Waals surface area contributed by atoms with Crippen LogP contribution in [0.2, 0.25) is 0 Å². The van der Waals surface area contributed by atoms with E-state index in [0.717, 1.165) is 18.4 Å². The van der Waals surface area contributed by atoms with E-state index in [1.165, 1.54) is 42.6 Å². The number of nitrogens with one attached hydrogen (secondary N) is 1. The number of hydrogen-bond donors (Lipinski definition) is 1. The van der Waals surface area contributed by atoms with Crippen LogP contribution in [0.15, 0.2) is 64.1 Å². The second-order valence-corrected chi connectivity index (χ2v) is 10.0. The highest BCUT2D eigenvalue weighted by Crippen LogP contribution is 2.37. The maximum absolute atomic E-state index is 13.2. The molecule has 0 spiro atoms. The molecule has 10 heteroatoms. The van der Waals surface area contributed by atoms with Crippen molar-refractivity contribution in [2.24, 2.45) is 0 Å². The van der Waals surface area contributed by atoms with E-state index in [0.29, 0.717) is 21.2 Å². The number of carbonyl (C=O) groups is 1. The molecule has 3 aromatic rings. The number of alkyl halides is 3. The summed E-state index contributed by atoms with van der Waals surface area (Å²) >= 11 is 3.33. The average molecular weight is 527 g/mol. The molecule has 0 fully saturated rings. The van der Waals surface area contributed by atoms with E-state index in [2.05, 4.69) is 26.2 Å². The highest BCUT2D eigenvalue weighted by Gasteiger charge is 2.31. The topological polar surface area (TPSA) is 76.1 Å². The molecule has 0 bridgehead atoms. The maximum Gasteiger partial charge on any atom is 0.416 e. The van der Waals surface area contributed by atoms with E-state index in [9.17, 15) is 26.4 Å². The lowest BCUT2D eigenvalue weighted by molar-refractivity contribution is -0.137. The fraction of sp³-hybridized carbons (Fsp3) is 0.182. The number of benzene rings is 2. The summed E-state index contributed by atoms with van der Waals surface area (Å²) in [7, 11) is -3.35. The molecule has 5 nitrogen and oxygen atoms in total. The van der Waals surface area contributed by atoms with Crippen molar-refractivity contribution >= 4 is 37.5 Å². The monoisotopic (exact) mass is 526 g/mol. The van der Waals surface area contributed by atoms with Gasteiger partial charge in [0.2, 0.25) is 5.91 Å². The van der Waals surface area contributed by atoms with Gasteiger partial charge in [-0.2, -0.15) is 13.2 Å². The largest absolute Gasteiger partial charge is 0.416 e. The third-order valence-corrected chi connectivity index (χ3v) is 6.66. The summed E-state index contributed by atoms with van der Waals surface area (Å²) < 4.78 is 63.3. The number of pyridine rings is 1. The van der Waals surface area contributed by atoms with E-state index >= 15 is 0 Å². The molecule has 32 heavy (non-hydrogen) atoms. The van der Waals surface area contributed by atoms with Crippen molar-refractivity contribution in [2.45, 2.75) is 24.4 Å². The third-order valence-electron chi connectivity index (χ3n) is 4.73. The van der Waals surface area contributed by atoms with Crippen LogP contribution in [0.4, 0.5) is 19.0 Å². The quantitative estimate of drug-likeness (QED) is 0.481. The molecule has 0 unspecified atom stereocenters. The Balaban J connectivity index is 1.91. The van der Waals surface area contributed by atoms with Crippen LogP contribution in [0.3, 0.4) is 0 Å². The molecular weight excluding hydrogens is 509 g/mol. The minimum absolute atomic E-state index is 0.0666. The summed E-state index contributed by atoms with van der Waals surface area (Å²) in [4.78, 5) is 16.9. The molecule has 168 valence electrons. The molecule has 0 saturated heterocycles. The summed E-state index contributed by atoms with van der Waals surface area (Å²) in [5, 5.41) is 2.66. The molecule has 3 rings (SSSR count). The number of halogens is 4. The molecule has 0 saturated carbocycles. The lowest BCUT2D eigenvalue weighted by Crippen LogP contribution is -2.16. The summed E-state index contributed by atoms with van der Waals surface area (Å²) in [6.45, 7) is 1.71. The second-order valence-electron chi connectivity index (χ2n) is 7.17. The number of amides is 1. The second kappa shape index (κ2) is 9.03. The predicted octanol–water partition coefficient (Wildman–Crippen LogP) is 5.42. The van der Waals surface area contributed by atoms with Gasteiger partial charge in [-0.15, -0.1) is 0 Å². The van der Waals surface area contributed by atoms with Crippen LogP contribution in [0.25, 0.3) is 11.1 Å². The lowest BCUT2D eigenvalue weighted by atomic mass is 9.99. The Morgan fingerprint density at radius 2 is 1.78 bits per heavy atom. The highest BCUT2D eigenvalue weighted by atomic mass is 79.9. The highest BCUT2D eigenvalue weighted by molar-refractivity contribution is 9.10. The minimum Gasteiger partial charge on any atom is -0.310 e. The van der Waals surface area contributed by atoms with Gasteiger partial charge in [-0.05, 0) is 63.8 Å². The molecule has 1 aromatic heterocycles. The maximum atomic E-state index is 13.2. The minimum atomic E-state index is -4.51. The normalized spacial score (nSPS) is 11.9. The predicted molar refractivity (Wildman–Crippen MR) is 119 cm³/mol. The Morgan fingerprint density at radius 1 is 1.12 bits per heavy atom. The molecule has 0 atom stereocenters. The van der Waals surface area contributed by atoms with Crippen molar-refractivity contribution in [3.05, 3.63) is 75.9 Å². The van der Waals surface area contributed by atoms with Crippen molar-refractivity contribution in [1.82, 2.24) is 4.98 Å². The number of hydrogen-bond acceptors (Lipinski definition) is 4. The van der Waals surface area contributed by atoms with Crippen LogP contribution < -0.4 is 5.32 Å². The summed E-state index contributed by atoms with van der Waals surface area (Å²) in [6, 6.07) is 10.7. The van der Waals surface area contributed by atoms with E-state index in [4.69, 9.17) is 0 Å². The van der Waals surface area contributed by atoms with E-state index in [-0.39, 0.29) is 22.7 Å². The third kappa shape index (κ3) is 5.55. The first-order valence-corrected chi connectivity index (χ1v) is 12.0. The van der Waals surface area contributed by atoms with Crippen LogP contribution in [0, 0.1) is 6.92 Å². The van der Waals surface area contributed by atoms with Gasteiger partial charge in [-0.25, -0.2) is 13.4 Å². The van der Waals surface area contributed by atoms with Crippen molar-refractivity contribution in [3.63, 3.8) is 0 Å². The Kier molecular flexibility index (Phi) is 6.75. The fourth-order valence-corrected chi connectivity index (χ4v) is 4.03. The number of rotatable bonds is 5. The Hall–Kier alpha value is -2.72. The van der Waals surface area contributed by atoms with Gasteiger partial charge < -0.3 is 5.32 Å². The SMILES string of the molecule is Cc1c(Br)cnc(NC(=O)Cc2ccc(S(C)(=O)=O)cc2)c1-c1cccc(C(F)(F)F)c1. The number of sulfone groups is 1. The molecular formula is C22H18BrF3N2O3S. The van der Waals surface area contributed by atoms with Crippen molar-refractivity contribution < 1.29 is 26.4 Å². The smallest absolute Gasteiger partial charge is 0.310 e. The Bertz CT molecular complexity index is 1270. The van der Waals surface area contributed by atoms with Gasteiger partial charge in [0.1, 0.15) is 5.82 Å². The van der Waals surface area contributed by atoms with Crippen LogP contribution in [0.1, 0.15) is 16.7 Å². The van der Waals surface area contributed by atoms with Gasteiger partial charge in [0.05, 0.1) is 16.9 Å². The Labute approximate surface area is 191 Å².